The highest BCUT2D eigenvalue weighted by molar-refractivity contribution is 6.33. The molecule has 0 spiro atoms. The van der Waals surface area contributed by atoms with E-state index in [-0.39, 0.29) is 22.9 Å². The molecule has 1 aromatic rings. The van der Waals surface area contributed by atoms with Crippen LogP contribution < -0.4 is 0 Å². The Kier molecular flexibility index (Phi) is 4.27. The maximum atomic E-state index is 12.8. The largest absolute Gasteiger partial charge is 0.341 e. The molecule has 1 amide bonds. The SMILES string of the molecule is CN(CCC#N)C(=O)c1ccc(F)cc1Cl. The minimum absolute atomic E-state index is 0.0776. The van der Waals surface area contributed by atoms with Crippen molar-refractivity contribution >= 4 is 17.5 Å². The molecule has 16 heavy (non-hydrogen) atoms. The molecule has 0 fully saturated rings. The van der Waals surface area contributed by atoms with Crippen LogP contribution in [0.4, 0.5) is 4.39 Å². The molecule has 0 bridgehead atoms. The van der Waals surface area contributed by atoms with Gasteiger partial charge in [0.15, 0.2) is 0 Å². The van der Waals surface area contributed by atoms with Crippen LogP contribution in [0.5, 0.6) is 0 Å². The maximum absolute atomic E-state index is 12.8. The fourth-order valence-corrected chi connectivity index (χ4v) is 1.44. The molecule has 0 atom stereocenters. The van der Waals surface area contributed by atoms with Gasteiger partial charge in [-0.05, 0) is 18.2 Å². The Morgan fingerprint density at radius 1 is 1.62 bits per heavy atom. The van der Waals surface area contributed by atoms with E-state index in [0.717, 1.165) is 6.07 Å². The lowest BCUT2D eigenvalue weighted by Crippen LogP contribution is -2.27. The summed E-state index contributed by atoms with van der Waals surface area (Å²) in [5, 5.41) is 8.47. The van der Waals surface area contributed by atoms with Crippen molar-refractivity contribution in [1.82, 2.24) is 4.90 Å². The minimum Gasteiger partial charge on any atom is -0.341 e. The smallest absolute Gasteiger partial charge is 0.255 e. The number of hydrogen-bond donors (Lipinski definition) is 0. The van der Waals surface area contributed by atoms with Crippen molar-refractivity contribution in [2.45, 2.75) is 6.42 Å². The zero-order valence-electron chi connectivity index (χ0n) is 8.70. The first-order valence-electron chi connectivity index (χ1n) is 4.63. The van der Waals surface area contributed by atoms with Crippen LogP contribution in [0.15, 0.2) is 18.2 Å². The number of nitrogens with zero attached hydrogens (tertiary/aromatic N) is 2. The van der Waals surface area contributed by atoms with E-state index in [4.69, 9.17) is 16.9 Å². The fraction of sp³-hybridized carbons (Fsp3) is 0.273. The molecular weight excluding hydrogens is 231 g/mol. The molecule has 0 N–H and O–H groups in total. The van der Waals surface area contributed by atoms with E-state index in [0.29, 0.717) is 6.54 Å². The first-order chi connectivity index (χ1) is 7.56. The first-order valence-corrected chi connectivity index (χ1v) is 5.01. The fourth-order valence-electron chi connectivity index (χ4n) is 1.19. The van der Waals surface area contributed by atoms with Crippen LogP contribution in [-0.2, 0) is 0 Å². The van der Waals surface area contributed by atoms with Gasteiger partial charge in [-0.25, -0.2) is 4.39 Å². The van der Waals surface area contributed by atoms with E-state index in [1.165, 1.54) is 17.0 Å². The quantitative estimate of drug-likeness (QED) is 0.815. The summed E-state index contributed by atoms with van der Waals surface area (Å²) in [6.45, 7) is 0.322. The van der Waals surface area contributed by atoms with Gasteiger partial charge in [0.05, 0.1) is 23.1 Å². The Morgan fingerprint density at radius 2 is 2.31 bits per heavy atom. The summed E-state index contributed by atoms with van der Waals surface area (Å²) in [5.74, 6) is -0.804. The summed E-state index contributed by atoms with van der Waals surface area (Å²) in [5.41, 5.74) is 0.239. The molecular formula is C11H10ClFN2O. The van der Waals surface area contributed by atoms with Gasteiger partial charge >= 0.3 is 0 Å². The van der Waals surface area contributed by atoms with Crippen molar-refractivity contribution < 1.29 is 9.18 Å². The average molecular weight is 241 g/mol. The highest BCUT2D eigenvalue weighted by atomic mass is 35.5. The Hall–Kier alpha value is -1.60. The van der Waals surface area contributed by atoms with Crippen molar-refractivity contribution in [1.29, 1.82) is 5.26 Å². The Balaban J connectivity index is 2.84. The Morgan fingerprint density at radius 3 is 2.88 bits per heavy atom. The molecule has 0 aliphatic carbocycles. The van der Waals surface area contributed by atoms with E-state index >= 15 is 0 Å². The molecule has 0 aliphatic heterocycles. The molecule has 0 saturated heterocycles. The van der Waals surface area contributed by atoms with Crippen molar-refractivity contribution in [2.24, 2.45) is 0 Å². The number of halogens is 2. The van der Waals surface area contributed by atoms with Crippen LogP contribution in [0, 0.1) is 17.1 Å². The number of carbonyl (C=O) groups is 1. The molecule has 0 unspecified atom stereocenters. The number of benzene rings is 1. The molecule has 1 aromatic carbocycles. The van der Waals surface area contributed by atoms with Gasteiger partial charge in [-0.15, -0.1) is 0 Å². The summed E-state index contributed by atoms with van der Waals surface area (Å²) in [6, 6.07) is 5.55. The van der Waals surface area contributed by atoms with Crippen LogP contribution in [0.2, 0.25) is 5.02 Å². The lowest BCUT2D eigenvalue weighted by Gasteiger charge is -2.16. The monoisotopic (exact) mass is 240 g/mol. The normalized spacial score (nSPS) is 9.62. The zero-order chi connectivity index (χ0) is 12.1. The second-order valence-electron chi connectivity index (χ2n) is 3.26. The number of hydrogen-bond acceptors (Lipinski definition) is 2. The van der Waals surface area contributed by atoms with Crippen molar-refractivity contribution in [2.75, 3.05) is 13.6 Å². The zero-order valence-corrected chi connectivity index (χ0v) is 9.46. The van der Waals surface area contributed by atoms with Gasteiger partial charge in [-0.3, -0.25) is 4.79 Å². The third-order valence-corrected chi connectivity index (χ3v) is 2.38. The van der Waals surface area contributed by atoms with Gasteiger partial charge in [0, 0.05) is 13.6 Å². The third-order valence-electron chi connectivity index (χ3n) is 2.07. The van der Waals surface area contributed by atoms with Gasteiger partial charge < -0.3 is 4.90 Å². The highest BCUT2D eigenvalue weighted by Crippen LogP contribution is 2.18. The topological polar surface area (TPSA) is 44.1 Å². The summed E-state index contributed by atoms with van der Waals surface area (Å²) >= 11 is 5.75. The minimum atomic E-state index is -0.485. The second-order valence-corrected chi connectivity index (χ2v) is 3.67. The summed E-state index contributed by atoms with van der Waals surface area (Å²) < 4.78 is 12.8. The van der Waals surface area contributed by atoms with Gasteiger partial charge in [0.25, 0.3) is 5.91 Å². The molecule has 0 radical (unpaired) electrons. The van der Waals surface area contributed by atoms with Crippen LogP contribution in [0.1, 0.15) is 16.8 Å². The molecule has 3 nitrogen and oxygen atoms in total. The predicted octanol–water partition coefficient (Wildman–Crippen LogP) is 2.46. The lowest BCUT2D eigenvalue weighted by molar-refractivity contribution is 0.0798. The molecule has 0 aliphatic rings. The van der Waals surface area contributed by atoms with E-state index in [1.54, 1.807) is 7.05 Å². The second kappa shape index (κ2) is 5.47. The van der Waals surface area contributed by atoms with E-state index < -0.39 is 5.82 Å². The molecule has 0 saturated carbocycles. The number of nitriles is 1. The van der Waals surface area contributed by atoms with Crippen LogP contribution in [0.25, 0.3) is 0 Å². The van der Waals surface area contributed by atoms with Gasteiger partial charge in [-0.1, -0.05) is 11.6 Å². The van der Waals surface area contributed by atoms with E-state index in [1.807, 2.05) is 6.07 Å². The molecule has 5 heteroatoms. The lowest BCUT2D eigenvalue weighted by atomic mass is 10.2. The molecule has 1 rings (SSSR count). The van der Waals surface area contributed by atoms with Crippen LogP contribution >= 0.6 is 11.6 Å². The summed E-state index contributed by atoms with van der Waals surface area (Å²) in [7, 11) is 1.57. The Bertz CT molecular complexity index is 442. The summed E-state index contributed by atoms with van der Waals surface area (Å²) in [6.07, 6.45) is 0.251. The van der Waals surface area contributed by atoms with Gasteiger partial charge in [0.2, 0.25) is 0 Å². The van der Waals surface area contributed by atoms with Crippen molar-refractivity contribution in [3.05, 3.63) is 34.6 Å². The van der Waals surface area contributed by atoms with E-state index in [2.05, 4.69) is 0 Å². The van der Waals surface area contributed by atoms with E-state index in [9.17, 15) is 9.18 Å². The molecule has 0 heterocycles. The average Bonchev–Trinajstić information content (AvgIpc) is 2.25. The number of rotatable bonds is 3. The van der Waals surface area contributed by atoms with Crippen LogP contribution in [0.3, 0.4) is 0 Å². The van der Waals surface area contributed by atoms with Crippen molar-refractivity contribution in [3.8, 4) is 6.07 Å². The molecule has 84 valence electrons. The number of amides is 1. The Labute approximate surface area is 98.0 Å². The first kappa shape index (κ1) is 12.5. The van der Waals surface area contributed by atoms with Crippen LogP contribution in [-0.4, -0.2) is 24.4 Å². The van der Waals surface area contributed by atoms with Crippen molar-refractivity contribution in [3.63, 3.8) is 0 Å². The van der Waals surface area contributed by atoms with Gasteiger partial charge in [0.1, 0.15) is 5.82 Å². The summed E-state index contributed by atoms with van der Waals surface area (Å²) in [4.78, 5) is 13.2. The highest BCUT2D eigenvalue weighted by Gasteiger charge is 2.14. The maximum Gasteiger partial charge on any atom is 0.255 e. The van der Waals surface area contributed by atoms with Gasteiger partial charge in [-0.2, -0.15) is 5.26 Å². The standard InChI is InChI=1S/C11H10ClFN2O/c1-15(6-2-5-14)11(16)9-4-3-8(13)7-10(9)12/h3-4,7H,2,6H2,1H3. The third kappa shape index (κ3) is 2.94. The predicted molar refractivity (Wildman–Crippen MR) is 58.6 cm³/mol. The molecule has 0 aromatic heterocycles. The number of carbonyl (C=O) groups excluding carboxylic acids is 1.